The molecule has 0 unspecified atom stereocenters. The van der Waals surface area contributed by atoms with Crippen LogP contribution in [0.1, 0.15) is 10.4 Å². The Labute approximate surface area is 109 Å². The number of benzene rings is 1. The van der Waals surface area contributed by atoms with E-state index in [2.05, 4.69) is 9.98 Å². The minimum Gasteiger partial charge on any atom is -0.497 e. The van der Waals surface area contributed by atoms with Crippen LogP contribution >= 0.6 is 0 Å². The van der Waals surface area contributed by atoms with Crippen LogP contribution in [0.3, 0.4) is 0 Å². The van der Waals surface area contributed by atoms with E-state index >= 15 is 0 Å². The summed E-state index contributed by atoms with van der Waals surface area (Å²) in [6.07, 6.45) is 5.03. The number of rotatable bonds is 4. The molecule has 1 aromatic carbocycles. The molecule has 2 aromatic rings. The van der Waals surface area contributed by atoms with Gasteiger partial charge in [-0.15, -0.1) is 0 Å². The summed E-state index contributed by atoms with van der Waals surface area (Å²) in [6, 6.07) is 5.54. The van der Waals surface area contributed by atoms with Gasteiger partial charge in [0.15, 0.2) is 6.61 Å². The van der Waals surface area contributed by atoms with Crippen molar-refractivity contribution in [3.8, 4) is 5.75 Å². The van der Waals surface area contributed by atoms with Crippen molar-refractivity contribution >= 4 is 22.6 Å². The number of H-pyrrole nitrogens is 1. The first-order valence-corrected chi connectivity index (χ1v) is 5.83. The van der Waals surface area contributed by atoms with Gasteiger partial charge in [0.25, 0.3) is 0 Å². The molecule has 0 radical (unpaired) electrons. The van der Waals surface area contributed by atoms with Crippen molar-refractivity contribution in [1.29, 1.82) is 0 Å². The Hall–Kier alpha value is -2.56. The van der Waals surface area contributed by atoms with Crippen LogP contribution in [0.2, 0.25) is 0 Å². The zero-order chi connectivity index (χ0) is 13.2. The topological polar surface area (TPSA) is 63.7 Å². The molecule has 0 saturated heterocycles. The van der Waals surface area contributed by atoms with Crippen LogP contribution in [0.4, 0.5) is 0 Å². The smallest absolute Gasteiger partial charge is 0.215 e. The van der Waals surface area contributed by atoms with E-state index in [-0.39, 0.29) is 12.4 Å². The second-order valence-electron chi connectivity index (χ2n) is 4.11. The molecule has 0 atom stereocenters. The molecule has 0 spiro atoms. The number of ketones is 1. The Morgan fingerprint density at radius 3 is 2.95 bits per heavy atom. The fraction of sp³-hybridized carbons (Fsp3) is 0.143. The lowest BCUT2D eigenvalue weighted by atomic mass is 10.1. The molecular weight excluding hydrogens is 244 g/mol. The average molecular weight is 256 g/mol. The average Bonchev–Trinajstić information content (AvgIpc) is 2.79. The Bertz CT molecular complexity index is 698. The molecule has 0 bridgehead atoms. The fourth-order valence-electron chi connectivity index (χ4n) is 1.90. The van der Waals surface area contributed by atoms with E-state index in [9.17, 15) is 4.79 Å². The highest BCUT2D eigenvalue weighted by atomic mass is 16.5. The number of aromatic nitrogens is 1. The Morgan fingerprint density at radius 1 is 1.42 bits per heavy atom. The maximum absolute atomic E-state index is 12.1. The molecule has 5 nitrogen and oxygen atoms in total. The van der Waals surface area contributed by atoms with Crippen molar-refractivity contribution in [2.45, 2.75) is 0 Å². The van der Waals surface area contributed by atoms with Crippen LogP contribution in [0.15, 0.2) is 41.7 Å². The first-order chi connectivity index (χ1) is 9.28. The largest absolute Gasteiger partial charge is 0.497 e. The molecular formula is C14H12N2O3. The van der Waals surface area contributed by atoms with Crippen molar-refractivity contribution < 1.29 is 14.3 Å². The van der Waals surface area contributed by atoms with Gasteiger partial charge in [-0.2, -0.15) is 0 Å². The maximum Gasteiger partial charge on any atom is 0.215 e. The molecule has 19 heavy (non-hydrogen) atoms. The van der Waals surface area contributed by atoms with Gasteiger partial charge in [-0.25, -0.2) is 4.99 Å². The van der Waals surface area contributed by atoms with Crippen molar-refractivity contribution in [3.05, 3.63) is 42.2 Å². The van der Waals surface area contributed by atoms with Crippen LogP contribution < -0.4 is 4.74 Å². The number of nitrogens with zero attached hydrogens (tertiary/aromatic N) is 1. The molecule has 5 heteroatoms. The summed E-state index contributed by atoms with van der Waals surface area (Å²) in [7, 11) is 1.61. The highest BCUT2D eigenvalue weighted by molar-refractivity contribution is 6.09. The molecule has 0 amide bonds. The van der Waals surface area contributed by atoms with Crippen LogP contribution in [0.25, 0.3) is 10.9 Å². The summed E-state index contributed by atoms with van der Waals surface area (Å²) in [4.78, 5) is 19.0. The number of ether oxygens (including phenoxy) is 2. The number of aromatic amines is 1. The van der Waals surface area contributed by atoms with Gasteiger partial charge in [0.2, 0.25) is 11.7 Å². The quantitative estimate of drug-likeness (QED) is 0.854. The van der Waals surface area contributed by atoms with E-state index in [1.165, 1.54) is 0 Å². The zero-order valence-corrected chi connectivity index (χ0v) is 10.3. The summed E-state index contributed by atoms with van der Waals surface area (Å²) in [5.41, 5.74) is 1.48. The normalized spacial score (nSPS) is 13.0. The number of methoxy groups -OCH3 is 1. The van der Waals surface area contributed by atoms with Crippen molar-refractivity contribution in [2.75, 3.05) is 13.7 Å². The van der Waals surface area contributed by atoms with Crippen molar-refractivity contribution in [3.63, 3.8) is 0 Å². The Balaban J connectivity index is 1.81. The lowest BCUT2D eigenvalue weighted by Gasteiger charge is -2.07. The van der Waals surface area contributed by atoms with E-state index < -0.39 is 0 Å². The van der Waals surface area contributed by atoms with E-state index in [0.29, 0.717) is 11.5 Å². The molecule has 96 valence electrons. The van der Waals surface area contributed by atoms with Crippen molar-refractivity contribution in [1.82, 2.24) is 4.98 Å². The van der Waals surface area contributed by atoms with E-state index in [0.717, 1.165) is 16.7 Å². The third kappa shape index (κ3) is 2.10. The summed E-state index contributed by atoms with van der Waals surface area (Å²) in [6.45, 7) is -0.0118. The first-order valence-electron chi connectivity index (χ1n) is 5.83. The summed E-state index contributed by atoms with van der Waals surface area (Å²) in [5.74, 6) is 1.16. The van der Waals surface area contributed by atoms with E-state index in [1.54, 1.807) is 25.6 Å². The number of fused-ring (bicyclic) bond motifs is 1. The number of Topliss-reactive ketones (excluding diaryl/α,β-unsaturated/α-hetero) is 1. The summed E-state index contributed by atoms with van der Waals surface area (Å²) in [5, 5.41) is 0.862. The van der Waals surface area contributed by atoms with Gasteiger partial charge in [-0.3, -0.25) is 4.79 Å². The summed E-state index contributed by atoms with van der Waals surface area (Å²) < 4.78 is 10.4. The maximum atomic E-state index is 12.1. The predicted octanol–water partition coefficient (Wildman–Crippen LogP) is 2.30. The standard InChI is InChI=1S/C14H12N2O3/c1-18-9-2-3-10-11(7-16-12(10)6-9)13(17)8-19-14-4-5-15-14/h2-7,16H,8H2,1H3. The lowest BCUT2D eigenvalue weighted by molar-refractivity contribution is 0.0915. The lowest BCUT2D eigenvalue weighted by Crippen LogP contribution is -2.14. The van der Waals surface area contributed by atoms with E-state index in [1.807, 2.05) is 18.2 Å². The SMILES string of the molecule is COc1ccc2c(C(=O)COC3=NC=C3)c[nH]c2c1. The van der Waals surface area contributed by atoms with Crippen LogP contribution in [-0.4, -0.2) is 30.4 Å². The van der Waals surface area contributed by atoms with Gasteiger partial charge in [0.1, 0.15) is 5.75 Å². The Kier molecular flexibility index (Phi) is 2.79. The van der Waals surface area contributed by atoms with Crippen LogP contribution in [-0.2, 0) is 4.74 Å². The minimum absolute atomic E-state index is 0.0118. The number of carbonyl (C=O) groups excluding carboxylic acids is 1. The molecule has 3 rings (SSSR count). The van der Waals surface area contributed by atoms with Gasteiger partial charge in [0.05, 0.1) is 7.11 Å². The molecule has 1 aliphatic rings. The zero-order valence-electron chi connectivity index (χ0n) is 10.3. The third-order valence-electron chi connectivity index (χ3n) is 2.96. The highest BCUT2D eigenvalue weighted by Crippen LogP contribution is 2.23. The second kappa shape index (κ2) is 4.61. The molecule has 1 aliphatic heterocycles. The van der Waals surface area contributed by atoms with Crippen molar-refractivity contribution in [2.24, 2.45) is 4.99 Å². The number of hydrogen-bond donors (Lipinski definition) is 1. The molecule has 1 N–H and O–H groups in total. The van der Waals surface area contributed by atoms with E-state index in [4.69, 9.17) is 9.47 Å². The second-order valence-corrected chi connectivity index (χ2v) is 4.11. The van der Waals surface area contributed by atoms with Gasteiger partial charge in [0, 0.05) is 41.0 Å². The van der Waals surface area contributed by atoms with Gasteiger partial charge in [-0.05, 0) is 12.1 Å². The van der Waals surface area contributed by atoms with Gasteiger partial charge < -0.3 is 14.5 Å². The Morgan fingerprint density at radius 2 is 2.26 bits per heavy atom. The summed E-state index contributed by atoms with van der Waals surface area (Å²) >= 11 is 0. The molecule has 1 aromatic heterocycles. The highest BCUT2D eigenvalue weighted by Gasteiger charge is 2.14. The predicted molar refractivity (Wildman–Crippen MR) is 71.7 cm³/mol. The first kappa shape index (κ1) is 11.5. The van der Waals surface area contributed by atoms with Gasteiger partial charge in [-0.1, -0.05) is 0 Å². The fourth-order valence-corrected chi connectivity index (χ4v) is 1.90. The van der Waals surface area contributed by atoms with Crippen LogP contribution in [0, 0.1) is 0 Å². The molecule has 0 saturated carbocycles. The number of hydrogen-bond acceptors (Lipinski definition) is 4. The minimum atomic E-state index is -0.0839. The number of carbonyl (C=O) groups is 1. The van der Waals surface area contributed by atoms with Gasteiger partial charge >= 0.3 is 0 Å². The molecule has 2 heterocycles. The number of nitrogens with one attached hydrogen (secondary N) is 1. The number of aliphatic imine (C=N–C) groups is 1. The molecule has 0 fully saturated rings. The third-order valence-corrected chi connectivity index (χ3v) is 2.96. The molecule has 0 aliphatic carbocycles. The monoisotopic (exact) mass is 256 g/mol. The van der Waals surface area contributed by atoms with Crippen LogP contribution in [0.5, 0.6) is 5.75 Å².